The van der Waals surface area contributed by atoms with Crippen molar-refractivity contribution in [1.82, 2.24) is 14.8 Å². The molecule has 0 atom stereocenters. The minimum atomic E-state index is -4.53. The number of para-hydroxylation sites is 1. The highest BCUT2D eigenvalue weighted by Gasteiger charge is 2.33. The Balaban J connectivity index is 1.32. The molecule has 1 aliphatic heterocycles. The highest BCUT2D eigenvalue weighted by atomic mass is 32.1. The number of amides is 1. The number of anilines is 1. The summed E-state index contributed by atoms with van der Waals surface area (Å²) in [7, 11) is 0. The second kappa shape index (κ2) is 9.51. The van der Waals surface area contributed by atoms with Crippen LogP contribution >= 0.6 is 11.3 Å². The van der Waals surface area contributed by atoms with Crippen LogP contribution in [0.5, 0.6) is 0 Å². The zero-order chi connectivity index (χ0) is 22.7. The van der Waals surface area contributed by atoms with Gasteiger partial charge in [-0.05, 0) is 49.8 Å². The highest BCUT2D eigenvalue weighted by molar-refractivity contribution is 7.18. The Kier molecular flexibility index (Phi) is 6.73. The fraction of sp³-hybridized carbons (Fsp3) is 0.364. The number of benzene rings is 2. The van der Waals surface area contributed by atoms with Gasteiger partial charge < -0.3 is 5.32 Å². The molecule has 10 heteroatoms. The number of aromatic nitrogens is 1. The first-order valence-corrected chi connectivity index (χ1v) is 11.1. The Morgan fingerprint density at radius 3 is 2.62 bits per heavy atom. The van der Waals surface area contributed by atoms with Crippen LogP contribution in [0.2, 0.25) is 0 Å². The van der Waals surface area contributed by atoms with E-state index in [1.807, 2.05) is 4.90 Å². The van der Waals surface area contributed by atoms with Crippen molar-refractivity contribution in [3.63, 3.8) is 0 Å². The number of halogens is 4. The molecular weight excluding hydrogens is 444 g/mol. The Morgan fingerprint density at radius 1 is 1.06 bits per heavy atom. The monoisotopic (exact) mass is 466 g/mol. The maximum atomic E-state index is 13.4. The number of nitrogens with zero attached hydrogens (tertiary/aromatic N) is 3. The van der Waals surface area contributed by atoms with Gasteiger partial charge in [0.05, 0.1) is 34.6 Å². The van der Waals surface area contributed by atoms with Crippen LogP contribution in [0.1, 0.15) is 17.0 Å². The molecule has 0 bridgehead atoms. The van der Waals surface area contributed by atoms with Crippen molar-refractivity contribution >= 4 is 33.1 Å². The summed E-state index contributed by atoms with van der Waals surface area (Å²) in [6, 6.07) is 9.52. The number of alkyl halides is 3. The van der Waals surface area contributed by atoms with Crippen LogP contribution in [0.15, 0.2) is 42.5 Å². The standard InChI is InChI=1S/C22H22F4N4OS/c23-15-6-7-18-19(12-15)32-21(28-18)14-30-9-3-8-29(10-11-30)13-20(31)27-17-5-2-1-4-16(17)22(24,25)26/h1-2,4-7,12H,3,8-11,13-14H2,(H,27,31). The van der Waals surface area contributed by atoms with E-state index in [4.69, 9.17) is 0 Å². The number of hydrogen-bond donors (Lipinski definition) is 1. The minimum absolute atomic E-state index is 0.0282. The average Bonchev–Trinajstić information content (AvgIpc) is 2.99. The van der Waals surface area contributed by atoms with E-state index < -0.39 is 17.6 Å². The molecule has 170 valence electrons. The van der Waals surface area contributed by atoms with Crippen molar-refractivity contribution in [2.24, 2.45) is 0 Å². The number of rotatable bonds is 5. The van der Waals surface area contributed by atoms with E-state index in [-0.39, 0.29) is 18.0 Å². The first kappa shape index (κ1) is 22.6. The molecule has 5 nitrogen and oxygen atoms in total. The van der Waals surface area contributed by atoms with Crippen LogP contribution in [-0.4, -0.2) is 53.4 Å². The second-order valence-electron chi connectivity index (χ2n) is 7.72. The van der Waals surface area contributed by atoms with Crippen LogP contribution in [-0.2, 0) is 17.5 Å². The maximum absolute atomic E-state index is 13.4. The summed E-state index contributed by atoms with van der Waals surface area (Å²) >= 11 is 1.47. The molecule has 1 amide bonds. The summed E-state index contributed by atoms with van der Waals surface area (Å²) < 4.78 is 53.6. The molecule has 3 aromatic rings. The quantitative estimate of drug-likeness (QED) is 0.559. The van der Waals surface area contributed by atoms with Gasteiger partial charge in [0, 0.05) is 13.1 Å². The lowest BCUT2D eigenvalue weighted by molar-refractivity contribution is -0.137. The van der Waals surface area contributed by atoms with E-state index in [2.05, 4.69) is 15.2 Å². The third kappa shape index (κ3) is 5.62. The van der Waals surface area contributed by atoms with Gasteiger partial charge in [-0.2, -0.15) is 13.2 Å². The van der Waals surface area contributed by atoms with Crippen molar-refractivity contribution in [1.29, 1.82) is 0 Å². The van der Waals surface area contributed by atoms with Gasteiger partial charge in [-0.15, -0.1) is 11.3 Å². The van der Waals surface area contributed by atoms with Crippen LogP contribution < -0.4 is 5.32 Å². The van der Waals surface area contributed by atoms with Crippen LogP contribution in [0.3, 0.4) is 0 Å². The normalized spacial score (nSPS) is 16.2. The van der Waals surface area contributed by atoms with Gasteiger partial charge in [-0.3, -0.25) is 14.6 Å². The smallest absolute Gasteiger partial charge is 0.324 e. The number of carbonyl (C=O) groups is 1. The molecule has 0 unspecified atom stereocenters. The molecule has 0 radical (unpaired) electrons. The summed E-state index contributed by atoms with van der Waals surface area (Å²) in [6.45, 7) is 3.49. The number of nitrogens with one attached hydrogen (secondary N) is 1. The van der Waals surface area contributed by atoms with Gasteiger partial charge in [0.1, 0.15) is 10.8 Å². The first-order chi connectivity index (χ1) is 15.3. The van der Waals surface area contributed by atoms with E-state index in [0.29, 0.717) is 26.2 Å². The molecule has 1 aliphatic rings. The van der Waals surface area contributed by atoms with Gasteiger partial charge in [0.2, 0.25) is 5.91 Å². The number of hydrogen-bond acceptors (Lipinski definition) is 5. The second-order valence-corrected chi connectivity index (χ2v) is 8.83. The van der Waals surface area contributed by atoms with Crippen molar-refractivity contribution in [3.05, 3.63) is 58.9 Å². The molecule has 1 aromatic heterocycles. The molecule has 2 aromatic carbocycles. The molecule has 0 saturated carbocycles. The first-order valence-electron chi connectivity index (χ1n) is 10.2. The maximum Gasteiger partial charge on any atom is 0.418 e. The fourth-order valence-corrected chi connectivity index (χ4v) is 4.81. The summed E-state index contributed by atoms with van der Waals surface area (Å²) in [5.74, 6) is -0.752. The van der Waals surface area contributed by atoms with E-state index in [0.717, 1.165) is 34.3 Å². The molecule has 1 fully saturated rings. The Morgan fingerprint density at radius 2 is 1.81 bits per heavy atom. The lowest BCUT2D eigenvalue weighted by atomic mass is 10.1. The Bertz CT molecular complexity index is 1100. The predicted molar refractivity (Wildman–Crippen MR) is 116 cm³/mol. The van der Waals surface area contributed by atoms with E-state index in [1.165, 1.54) is 41.7 Å². The van der Waals surface area contributed by atoms with E-state index >= 15 is 0 Å². The van der Waals surface area contributed by atoms with Crippen molar-refractivity contribution in [3.8, 4) is 0 Å². The molecule has 2 heterocycles. The van der Waals surface area contributed by atoms with Gasteiger partial charge >= 0.3 is 6.18 Å². The Hall–Kier alpha value is -2.56. The highest BCUT2D eigenvalue weighted by Crippen LogP contribution is 2.34. The van der Waals surface area contributed by atoms with Gasteiger partial charge in [0.15, 0.2) is 0 Å². The summed E-state index contributed by atoms with van der Waals surface area (Å²) in [5, 5.41) is 3.31. The molecule has 1 N–H and O–H groups in total. The van der Waals surface area contributed by atoms with E-state index in [9.17, 15) is 22.4 Å². The lowest BCUT2D eigenvalue weighted by Crippen LogP contribution is -2.36. The zero-order valence-electron chi connectivity index (χ0n) is 17.2. The predicted octanol–water partition coefficient (Wildman–Crippen LogP) is 4.60. The van der Waals surface area contributed by atoms with Crippen molar-refractivity contribution in [2.45, 2.75) is 19.1 Å². The minimum Gasteiger partial charge on any atom is -0.324 e. The fourth-order valence-electron chi connectivity index (χ4n) is 3.78. The lowest BCUT2D eigenvalue weighted by Gasteiger charge is -2.21. The van der Waals surface area contributed by atoms with Crippen LogP contribution in [0.25, 0.3) is 10.2 Å². The molecule has 0 aliphatic carbocycles. The van der Waals surface area contributed by atoms with Crippen LogP contribution in [0, 0.1) is 5.82 Å². The SMILES string of the molecule is O=C(CN1CCCN(Cc2nc3ccc(F)cc3s2)CC1)Nc1ccccc1C(F)(F)F. The summed E-state index contributed by atoms with van der Waals surface area (Å²) in [5.41, 5.74) is -0.307. The zero-order valence-corrected chi connectivity index (χ0v) is 18.0. The van der Waals surface area contributed by atoms with Crippen molar-refractivity contribution < 1.29 is 22.4 Å². The molecule has 0 spiro atoms. The third-order valence-corrected chi connectivity index (χ3v) is 6.31. The van der Waals surface area contributed by atoms with Gasteiger partial charge in [-0.1, -0.05) is 12.1 Å². The third-order valence-electron chi connectivity index (χ3n) is 5.31. The summed E-state index contributed by atoms with van der Waals surface area (Å²) in [6.07, 6.45) is -3.70. The van der Waals surface area contributed by atoms with Gasteiger partial charge in [0.25, 0.3) is 0 Å². The average molecular weight is 467 g/mol. The largest absolute Gasteiger partial charge is 0.418 e. The number of fused-ring (bicyclic) bond motifs is 1. The summed E-state index contributed by atoms with van der Waals surface area (Å²) in [4.78, 5) is 21.1. The topological polar surface area (TPSA) is 48.5 Å². The molecule has 1 saturated heterocycles. The molecule has 4 rings (SSSR count). The van der Waals surface area contributed by atoms with E-state index in [1.54, 1.807) is 6.07 Å². The number of thiazole rings is 1. The van der Waals surface area contributed by atoms with Crippen LogP contribution in [0.4, 0.5) is 23.2 Å². The number of carbonyl (C=O) groups excluding carboxylic acids is 1. The van der Waals surface area contributed by atoms with Gasteiger partial charge in [-0.25, -0.2) is 9.37 Å². The van der Waals surface area contributed by atoms with Crippen molar-refractivity contribution in [2.75, 3.05) is 38.0 Å². The molecular formula is C22H22F4N4OS. The molecule has 32 heavy (non-hydrogen) atoms. The Labute approximate surface area is 186 Å².